The average molecular weight is 482 g/mol. The fraction of sp³-hybridized carbons (Fsp3) is 0.346. The predicted molar refractivity (Wildman–Crippen MR) is 138 cm³/mol. The second-order valence-electron chi connectivity index (χ2n) is 8.50. The highest BCUT2D eigenvalue weighted by molar-refractivity contribution is 8.18. The lowest BCUT2D eigenvalue weighted by molar-refractivity contribution is -0.123. The highest BCUT2D eigenvalue weighted by Gasteiger charge is 2.35. The lowest BCUT2D eigenvalue weighted by Gasteiger charge is -2.20. The first-order valence-electron chi connectivity index (χ1n) is 11.2. The zero-order valence-electron chi connectivity index (χ0n) is 20.4. The number of thioether (sulfide) groups is 1. The molecule has 0 bridgehead atoms. The molecule has 180 valence electrons. The molecule has 7 nitrogen and oxygen atoms in total. The molecule has 0 spiro atoms. The smallest absolute Gasteiger partial charge is 0.266 e. The number of rotatable bonds is 8. The summed E-state index contributed by atoms with van der Waals surface area (Å²) in [6.45, 7) is 9.76. The van der Waals surface area contributed by atoms with E-state index in [0.717, 1.165) is 11.1 Å². The lowest BCUT2D eigenvalue weighted by Crippen LogP contribution is -2.35. The Labute approximate surface area is 205 Å². The van der Waals surface area contributed by atoms with Crippen molar-refractivity contribution >= 4 is 40.5 Å². The molecule has 2 aromatic rings. The van der Waals surface area contributed by atoms with E-state index in [4.69, 9.17) is 9.47 Å². The summed E-state index contributed by atoms with van der Waals surface area (Å²) < 4.78 is 11.1. The maximum absolute atomic E-state index is 13.0. The average Bonchev–Trinajstić information content (AvgIpc) is 3.08. The number of anilines is 1. The first kappa shape index (κ1) is 25.4. The molecule has 0 atom stereocenters. The molecule has 8 heteroatoms. The molecule has 0 saturated carbocycles. The van der Waals surface area contributed by atoms with Crippen molar-refractivity contribution in [1.82, 2.24) is 4.90 Å². The number of ether oxygens (including phenoxy) is 2. The molecule has 1 aliphatic rings. The standard InChI is InChI=1S/C26H31N3O4S/c1-16(2)27-26-29(17(3)4)25(31)23(34-26)14-19-9-12-21(22(13-19)32-6)33-15-24(30)28-20-10-7-18(5)8-11-20/h7-14,16-17H,15H2,1-6H3,(H,28,30)/b23-14+,27-26?. The van der Waals surface area contributed by atoms with E-state index in [1.165, 1.54) is 18.9 Å². The number of nitrogens with zero attached hydrogens (tertiary/aromatic N) is 2. The van der Waals surface area contributed by atoms with Gasteiger partial charge in [0.15, 0.2) is 23.3 Å². The number of carbonyl (C=O) groups excluding carboxylic acids is 2. The van der Waals surface area contributed by atoms with Gasteiger partial charge in [0.05, 0.1) is 12.0 Å². The van der Waals surface area contributed by atoms with Crippen LogP contribution in [0.2, 0.25) is 0 Å². The summed E-state index contributed by atoms with van der Waals surface area (Å²) in [6.07, 6.45) is 1.82. The summed E-state index contributed by atoms with van der Waals surface area (Å²) in [4.78, 5) is 32.1. The van der Waals surface area contributed by atoms with Gasteiger partial charge in [0, 0.05) is 17.8 Å². The Balaban J connectivity index is 1.72. The van der Waals surface area contributed by atoms with Gasteiger partial charge in [-0.25, -0.2) is 0 Å². The number of nitrogens with one attached hydrogen (secondary N) is 1. The first-order chi connectivity index (χ1) is 16.2. The van der Waals surface area contributed by atoms with Gasteiger partial charge in [-0.1, -0.05) is 23.8 Å². The van der Waals surface area contributed by atoms with Crippen molar-refractivity contribution in [2.75, 3.05) is 19.0 Å². The number of hydrogen-bond acceptors (Lipinski definition) is 6. The van der Waals surface area contributed by atoms with Crippen molar-refractivity contribution in [3.05, 3.63) is 58.5 Å². The maximum Gasteiger partial charge on any atom is 0.266 e. The van der Waals surface area contributed by atoms with Gasteiger partial charge in [0.1, 0.15) is 0 Å². The Hall–Kier alpha value is -3.26. The van der Waals surface area contributed by atoms with Crippen LogP contribution in [0, 0.1) is 6.92 Å². The molecular weight excluding hydrogens is 450 g/mol. The van der Waals surface area contributed by atoms with Crippen LogP contribution in [-0.2, 0) is 9.59 Å². The van der Waals surface area contributed by atoms with E-state index in [9.17, 15) is 9.59 Å². The van der Waals surface area contributed by atoms with Crippen LogP contribution in [0.4, 0.5) is 5.69 Å². The van der Waals surface area contributed by atoms with E-state index in [1.54, 1.807) is 17.0 Å². The number of carbonyl (C=O) groups is 2. The number of methoxy groups -OCH3 is 1. The molecule has 1 heterocycles. The number of hydrogen-bond donors (Lipinski definition) is 1. The molecule has 2 aromatic carbocycles. The van der Waals surface area contributed by atoms with E-state index in [1.807, 2.05) is 71.0 Å². The van der Waals surface area contributed by atoms with E-state index < -0.39 is 0 Å². The number of aliphatic imine (C=N–C) groups is 1. The van der Waals surface area contributed by atoms with Crippen molar-refractivity contribution in [1.29, 1.82) is 0 Å². The quantitative estimate of drug-likeness (QED) is 0.530. The van der Waals surface area contributed by atoms with Gasteiger partial charge in [-0.2, -0.15) is 0 Å². The SMILES string of the molecule is COc1cc(/C=C2/SC(=NC(C)C)N(C(C)C)C2=O)ccc1OCC(=O)Nc1ccc(C)cc1. The molecule has 1 fully saturated rings. The van der Waals surface area contributed by atoms with Gasteiger partial charge in [-0.05, 0) is 82.3 Å². The molecule has 0 aromatic heterocycles. The summed E-state index contributed by atoms with van der Waals surface area (Å²) in [5, 5.41) is 3.52. The van der Waals surface area contributed by atoms with E-state index in [2.05, 4.69) is 10.3 Å². The monoisotopic (exact) mass is 481 g/mol. The highest BCUT2D eigenvalue weighted by atomic mass is 32.2. The zero-order valence-corrected chi connectivity index (χ0v) is 21.2. The predicted octanol–water partition coefficient (Wildman–Crippen LogP) is 5.11. The summed E-state index contributed by atoms with van der Waals surface area (Å²) in [7, 11) is 1.54. The van der Waals surface area contributed by atoms with Gasteiger partial charge in [-0.15, -0.1) is 0 Å². The molecule has 3 rings (SSSR count). The summed E-state index contributed by atoms with van der Waals surface area (Å²) in [5.41, 5.74) is 2.62. The Morgan fingerprint density at radius 1 is 1.12 bits per heavy atom. The lowest BCUT2D eigenvalue weighted by atomic mass is 10.1. The number of benzene rings is 2. The van der Waals surface area contributed by atoms with Crippen LogP contribution in [0.1, 0.15) is 38.8 Å². The molecule has 0 unspecified atom stereocenters. The Kier molecular flexibility index (Phi) is 8.39. The molecular formula is C26H31N3O4S. The molecule has 1 saturated heterocycles. The van der Waals surface area contributed by atoms with E-state index >= 15 is 0 Å². The highest BCUT2D eigenvalue weighted by Crippen LogP contribution is 2.36. The third-order valence-corrected chi connectivity index (χ3v) is 5.90. The van der Waals surface area contributed by atoms with Gasteiger partial charge in [0.2, 0.25) is 0 Å². The molecule has 1 N–H and O–H groups in total. The van der Waals surface area contributed by atoms with Crippen LogP contribution in [0.15, 0.2) is 52.4 Å². The first-order valence-corrected chi connectivity index (χ1v) is 12.0. The molecule has 2 amide bonds. The van der Waals surface area contributed by atoms with Crippen LogP contribution >= 0.6 is 11.8 Å². The minimum absolute atomic E-state index is 0.0137. The third kappa shape index (κ3) is 6.41. The van der Waals surface area contributed by atoms with Crippen molar-refractivity contribution in [3.63, 3.8) is 0 Å². The van der Waals surface area contributed by atoms with Crippen LogP contribution in [0.3, 0.4) is 0 Å². The molecule has 34 heavy (non-hydrogen) atoms. The minimum atomic E-state index is -0.268. The fourth-order valence-corrected chi connectivity index (χ4v) is 4.51. The second kappa shape index (κ2) is 11.2. The topological polar surface area (TPSA) is 80.2 Å². The van der Waals surface area contributed by atoms with E-state index in [-0.39, 0.29) is 30.5 Å². The summed E-state index contributed by atoms with van der Waals surface area (Å²) in [5.74, 6) is 0.590. The Morgan fingerprint density at radius 2 is 1.82 bits per heavy atom. The van der Waals surface area contributed by atoms with Crippen molar-refractivity contribution in [2.45, 2.75) is 46.7 Å². The summed E-state index contributed by atoms with van der Waals surface area (Å²) in [6, 6.07) is 13.0. The third-order valence-electron chi connectivity index (χ3n) is 4.90. The normalized spacial score (nSPS) is 16.1. The van der Waals surface area contributed by atoms with Crippen molar-refractivity contribution in [3.8, 4) is 11.5 Å². The van der Waals surface area contributed by atoms with Crippen molar-refractivity contribution in [2.24, 2.45) is 4.99 Å². The van der Waals surface area contributed by atoms with Gasteiger partial charge >= 0.3 is 0 Å². The molecule has 0 aliphatic carbocycles. The van der Waals surface area contributed by atoms with Crippen molar-refractivity contribution < 1.29 is 19.1 Å². The molecule has 0 radical (unpaired) electrons. The Morgan fingerprint density at radius 3 is 2.44 bits per heavy atom. The second-order valence-corrected chi connectivity index (χ2v) is 9.51. The molecule has 1 aliphatic heterocycles. The minimum Gasteiger partial charge on any atom is -0.493 e. The van der Waals surface area contributed by atoms with Crippen LogP contribution in [0.25, 0.3) is 6.08 Å². The number of amides is 2. The number of aryl methyl sites for hydroxylation is 1. The van der Waals surface area contributed by atoms with Crippen LogP contribution < -0.4 is 14.8 Å². The maximum atomic E-state index is 13.0. The fourth-order valence-electron chi connectivity index (χ4n) is 3.27. The van der Waals surface area contributed by atoms with Gasteiger partial charge in [0.25, 0.3) is 11.8 Å². The van der Waals surface area contributed by atoms with Crippen LogP contribution in [-0.4, -0.2) is 47.7 Å². The largest absolute Gasteiger partial charge is 0.493 e. The van der Waals surface area contributed by atoms with E-state index in [0.29, 0.717) is 27.3 Å². The summed E-state index contributed by atoms with van der Waals surface area (Å²) >= 11 is 1.37. The number of amidine groups is 1. The zero-order chi connectivity index (χ0) is 24.8. The Bertz CT molecular complexity index is 1110. The van der Waals surface area contributed by atoms with Gasteiger partial charge in [-0.3, -0.25) is 19.5 Å². The van der Waals surface area contributed by atoms with Crippen LogP contribution in [0.5, 0.6) is 11.5 Å². The van der Waals surface area contributed by atoms with Gasteiger partial charge < -0.3 is 14.8 Å².